The summed E-state index contributed by atoms with van der Waals surface area (Å²) in [6, 6.07) is 17.8. The summed E-state index contributed by atoms with van der Waals surface area (Å²) >= 11 is -1.19. The third-order valence-electron chi connectivity index (χ3n) is 5.01. The number of hydrogen-bond donors (Lipinski definition) is 0. The highest BCUT2D eigenvalue weighted by Crippen LogP contribution is 2.30. The Kier molecular flexibility index (Phi) is 7.18. The maximum Gasteiger partial charge on any atom is 0.233 e. The Morgan fingerprint density at radius 2 is 1.74 bits per heavy atom. The number of benzene rings is 2. The molecule has 0 N–H and O–H groups in total. The lowest BCUT2D eigenvalue weighted by Crippen LogP contribution is -2.56. The molecule has 0 saturated carbocycles. The number of hydrogen-bond acceptors (Lipinski definition) is 3. The average Bonchev–Trinajstić information content (AvgIpc) is 2.71. The molecule has 4 nitrogen and oxygen atoms in total. The van der Waals surface area contributed by atoms with Gasteiger partial charge in [-0.3, -0.25) is 9.69 Å². The van der Waals surface area contributed by atoms with Gasteiger partial charge in [0.25, 0.3) is 0 Å². The SMILES string of the molecule is COc1ccc([S+]([O-])C2CC(=O)N2CCCCCCc2ccccc2)cc1. The minimum absolute atomic E-state index is 0.117. The van der Waals surface area contributed by atoms with E-state index in [1.54, 1.807) is 12.0 Å². The van der Waals surface area contributed by atoms with Crippen molar-refractivity contribution in [3.05, 3.63) is 60.2 Å². The zero-order chi connectivity index (χ0) is 19.1. The van der Waals surface area contributed by atoms with Crippen molar-refractivity contribution in [1.82, 2.24) is 4.90 Å². The fourth-order valence-corrected chi connectivity index (χ4v) is 4.83. The molecule has 27 heavy (non-hydrogen) atoms. The molecule has 0 radical (unpaired) electrons. The van der Waals surface area contributed by atoms with Crippen molar-refractivity contribution in [3.8, 4) is 5.75 Å². The van der Waals surface area contributed by atoms with Gasteiger partial charge in [-0.2, -0.15) is 0 Å². The van der Waals surface area contributed by atoms with Crippen LogP contribution < -0.4 is 4.74 Å². The van der Waals surface area contributed by atoms with Crippen LogP contribution in [0.2, 0.25) is 0 Å². The molecule has 3 rings (SSSR count). The Hall–Kier alpha value is -1.98. The molecule has 0 spiro atoms. The third-order valence-corrected chi connectivity index (χ3v) is 6.67. The quantitative estimate of drug-likeness (QED) is 0.350. The number of likely N-dealkylation sites (tertiary alicyclic amines) is 1. The van der Waals surface area contributed by atoms with E-state index in [-0.39, 0.29) is 11.3 Å². The highest BCUT2D eigenvalue weighted by atomic mass is 32.2. The first-order chi connectivity index (χ1) is 13.2. The molecule has 5 heteroatoms. The van der Waals surface area contributed by atoms with E-state index in [0.717, 1.165) is 36.3 Å². The summed E-state index contributed by atoms with van der Waals surface area (Å²) in [5.74, 6) is 0.860. The molecule has 144 valence electrons. The van der Waals surface area contributed by atoms with Gasteiger partial charge >= 0.3 is 0 Å². The van der Waals surface area contributed by atoms with E-state index in [9.17, 15) is 9.35 Å². The van der Waals surface area contributed by atoms with E-state index >= 15 is 0 Å². The smallest absolute Gasteiger partial charge is 0.233 e. The second-order valence-electron chi connectivity index (χ2n) is 6.87. The van der Waals surface area contributed by atoms with Crippen molar-refractivity contribution in [1.29, 1.82) is 0 Å². The van der Waals surface area contributed by atoms with Crippen LogP contribution in [0, 0.1) is 0 Å². The van der Waals surface area contributed by atoms with Crippen molar-refractivity contribution in [2.45, 2.75) is 48.8 Å². The fourth-order valence-electron chi connectivity index (χ4n) is 3.36. The Morgan fingerprint density at radius 3 is 2.41 bits per heavy atom. The molecule has 0 bridgehead atoms. The number of unbranched alkanes of at least 4 members (excludes halogenated alkanes) is 3. The van der Waals surface area contributed by atoms with Gasteiger partial charge in [0, 0.05) is 17.7 Å². The number of carbonyl (C=O) groups excluding carboxylic acids is 1. The number of ether oxygens (including phenoxy) is 1. The number of rotatable bonds is 10. The molecule has 1 saturated heterocycles. The lowest BCUT2D eigenvalue weighted by Gasteiger charge is -2.40. The average molecular weight is 386 g/mol. The molecule has 1 fully saturated rings. The van der Waals surface area contributed by atoms with Crippen molar-refractivity contribution >= 4 is 17.1 Å². The second kappa shape index (κ2) is 9.81. The Morgan fingerprint density at radius 1 is 1.04 bits per heavy atom. The van der Waals surface area contributed by atoms with Crippen LogP contribution in [0.15, 0.2) is 59.5 Å². The summed E-state index contributed by atoms with van der Waals surface area (Å²) in [4.78, 5) is 14.5. The zero-order valence-corrected chi connectivity index (χ0v) is 16.6. The van der Waals surface area contributed by atoms with Crippen molar-refractivity contribution in [2.24, 2.45) is 0 Å². The highest BCUT2D eigenvalue weighted by Gasteiger charge is 2.44. The van der Waals surface area contributed by atoms with Crippen LogP contribution in [0.1, 0.15) is 37.7 Å². The molecule has 2 aromatic carbocycles. The molecule has 1 heterocycles. The van der Waals surface area contributed by atoms with Gasteiger partial charge in [0.15, 0.2) is 4.90 Å². The van der Waals surface area contributed by atoms with Crippen LogP contribution >= 0.6 is 0 Å². The van der Waals surface area contributed by atoms with Gasteiger partial charge in [0.1, 0.15) is 5.75 Å². The second-order valence-corrected chi connectivity index (χ2v) is 8.48. The molecule has 2 unspecified atom stereocenters. The van der Waals surface area contributed by atoms with Gasteiger partial charge in [-0.15, -0.1) is 0 Å². The first kappa shape index (κ1) is 19.8. The summed E-state index contributed by atoms with van der Waals surface area (Å²) in [6.45, 7) is 0.705. The molecular formula is C22H27NO3S. The summed E-state index contributed by atoms with van der Waals surface area (Å²) in [7, 11) is 1.61. The summed E-state index contributed by atoms with van der Waals surface area (Å²) < 4.78 is 17.9. The van der Waals surface area contributed by atoms with E-state index in [0.29, 0.717) is 13.0 Å². The van der Waals surface area contributed by atoms with Crippen molar-refractivity contribution < 1.29 is 14.1 Å². The lowest BCUT2D eigenvalue weighted by atomic mass is 10.1. The molecule has 0 aliphatic carbocycles. The molecule has 2 aromatic rings. The molecule has 1 aliphatic rings. The van der Waals surface area contributed by atoms with E-state index in [2.05, 4.69) is 24.3 Å². The maximum absolute atomic E-state index is 12.8. The van der Waals surface area contributed by atoms with Crippen LogP contribution in [0.4, 0.5) is 0 Å². The van der Waals surface area contributed by atoms with Crippen LogP contribution in [0.25, 0.3) is 0 Å². The van der Waals surface area contributed by atoms with Crippen LogP contribution in [0.5, 0.6) is 5.75 Å². The number of nitrogens with zero attached hydrogens (tertiary/aromatic N) is 1. The number of β-lactam (4-membered cyclic amide) rings is 1. The predicted octanol–water partition coefficient (Wildman–Crippen LogP) is 4.16. The van der Waals surface area contributed by atoms with Crippen LogP contribution in [-0.2, 0) is 22.4 Å². The highest BCUT2D eigenvalue weighted by molar-refractivity contribution is 7.92. The molecule has 1 amide bonds. The van der Waals surface area contributed by atoms with E-state index < -0.39 is 11.2 Å². The van der Waals surface area contributed by atoms with Gasteiger partial charge in [-0.25, -0.2) is 0 Å². The van der Waals surface area contributed by atoms with E-state index in [1.165, 1.54) is 12.0 Å². The summed E-state index contributed by atoms with van der Waals surface area (Å²) in [6.07, 6.45) is 5.87. The Balaban J connectivity index is 1.39. The van der Waals surface area contributed by atoms with Gasteiger partial charge in [0.05, 0.1) is 13.5 Å². The number of methoxy groups -OCH3 is 1. The van der Waals surface area contributed by atoms with Crippen LogP contribution in [-0.4, -0.2) is 34.4 Å². The van der Waals surface area contributed by atoms with Gasteiger partial charge in [-0.1, -0.05) is 43.2 Å². The summed E-state index contributed by atoms with van der Waals surface area (Å²) in [5, 5.41) is -0.185. The van der Waals surface area contributed by atoms with Crippen LogP contribution in [0.3, 0.4) is 0 Å². The Labute approximate surface area is 164 Å². The van der Waals surface area contributed by atoms with Crippen molar-refractivity contribution in [2.75, 3.05) is 13.7 Å². The molecule has 2 atom stereocenters. The largest absolute Gasteiger partial charge is 0.610 e. The molecular weight excluding hydrogens is 358 g/mol. The normalized spacial score (nSPS) is 17.5. The van der Waals surface area contributed by atoms with Gasteiger partial charge < -0.3 is 9.29 Å². The Bertz CT molecular complexity index is 720. The molecule has 1 aliphatic heterocycles. The minimum Gasteiger partial charge on any atom is -0.610 e. The summed E-state index contributed by atoms with van der Waals surface area (Å²) in [5.41, 5.74) is 1.38. The topological polar surface area (TPSA) is 52.6 Å². The molecule has 0 aromatic heterocycles. The predicted molar refractivity (Wildman–Crippen MR) is 108 cm³/mol. The van der Waals surface area contributed by atoms with E-state index in [1.807, 2.05) is 30.3 Å². The first-order valence-corrected chi connectivity index (χ1v) is 10.8. The van der Waals surface area contributed by atoms with Crippen molar-refractivity contribution in [3.63, 3.8) is 0 Å². The third kappa shape index (κ3) is 5.27. The minimum atomic E-state index is -1.19. The number of amides is 1. The fraction of sp³-hybridized carbons (Fsp3) is 0.409. The standard InChI is InChI=1S/C22H27NO3S/c1-26-19-12-14-20(15-13-19)27(25)22-17-21(24)23(22)16-8-3-2-5-9-18-10-6-4-7-11-18/h4,6-7,10-15,22H,2-3,5,8-9,16-17H2,1H3. The first-order valence-electron chi connectivity index (χ1n) is 9.57. The number of aryl methyl sites for hydroxylation is 1. The van der Waals surface area contributed by atoms with E-state index in [4.69, 9.17) is 4.74 Å². The lowest BCUT2D eigenvalue weighted by molar-refractivity contribution is -0.141. The monoisotopic (exact) mass is 385 g/mol. The van der Waals surface area contributed by atoms with Gasteiger partial charge in [-0.05, 0) is 49.1 Å². The number of carbonyl (C=O) groups is 1. The zero-order valence-electron chi connectivity index (χ0n) is 15.8. The maximum atomic E-state index is 12.8. The van der Waals surface area contributed by atoms with Gasteiger partial charge in [0.2, 0.25) is 11.3 Å².